The number of hydrogen-bond acceptors (Lipinski definition) is 6. The number of tetrazole rings is 1. The number of pyridine rings is 1. The molecule has 3 aromatic heterocycles. The maximum atomic E-state index is 13.7. The van der Waals surface area contributed by atoms with Gasteiger partial charge in [-0.25, -0.2) is 0 Å². The van der Waals surface area contributed by atoms with Crippen molar-refractivity contribution in [3.8, 4) is 0 Å². The molecule has 0 saturated heterocycles. The Hall–Kier alpha value is -3.85. The Kier molecular flexibility index (Phi) is 9.38. The van der Waals surface area contributed by atoms with E-state index in [4.69, 9.17) is 0 Å². The standard InChI is InChI=1S/C32H43N7O2/c1-8-23-19-26-20-25(31(41)38(10-3)21-28-34-36-37(7)35-28)17-18-39(26)29(23)30(40)24-14-11-22(12-15-24)13-16-27(33-9-2)32(4,5)6/h11-12,14-15,17-20,27,33H,8-10,13,16,21H2,1-7H3. The van der Waals surface area contributed by atoms with Crippen LogP contribution in [0.5, 0.6) is 0 Å². The van der Waals surface area contributed by atoms with Crippen molar-refractivity contribution in [2.75, 3.05) is 13.1 Å². The lowest BCUT2D eigenvalue weighted by Crippen LogP contribution is -2.40. The summed E-state index contributed by atoms with van der Waals surface area (Å²) < 4.78 is 1.90. The third-order valence-electron chi connectivity index (χ3n) is 7.68. The van der Waals surface area contributed by atoms with E-state index in [0.717, 1.165) is 30.5 Å². The van der Waals surface area contributed by atoms with E-state index in [-0.39, 0.29) is 23.7 Å². The number of nitrogens with one attached hydrogen (secondary N) is 1. The van der Waals surface area contributed by atoms with Crippen LogP contribution in [-0.4, -0.2) is 60.3 Å². The molecule has 1 aromatic carbocycles. The minimum atomic E-state index is -0.118. The lowest BCUT2D eigenvalue weighted by Gasteiger charge is -2.31. The van der Waals surface area contributed by atoms with E-state index in [9.17, 15) is 9.59 Å². The van der Waals surface area contributed by atoms with Gasteiger partial charge >= 0.3 is 0 Å². The molecule has 4 rings (SSSR count). The van der Waals surface area contributed by atoms with Crippen molar-refractivity contribution in [2.45, 2.75) is 73.4 Å². The molecule has 0 aliphatic heterocycles. The predicted octanol–water partition coefficient (Wildman–Crippen LogP) is 4.88. The van der Waals surface area contributed by atoms with E-state index in [1.807, 2.05) is 48.7 Å². The predicted molar refractivity (Wildman–Crippen MR) is 161 cm³/mol. The van der Waals surface area contributed by atoms with E-state index in [0.29, 0.717) is 41.7 Å². The first kappa shape index (κ1) is 30.1. The summed E-state index contributed by atoms with van der Waals surface area (Å²) in [5.41, 5.74) is 5.05. The Bertz CT molecular complexity index is 1490. The van der Waals surface area contributed by atoms with Crippen LogP contribution in [0.4, 0.5) is 0 Å². The Morgan fingerprint density at radius 2 is 1.76 bits per heavy atom. The number of nitrogens with zero attached hydrogens (tertiary/aromatic N) is 6. The summed E-state index contributed by atoms with van der Waals surface area (Å²) >= 11 is 0. The Morgan fingerprint density at radius 3 is 2.34 bits per heavy atom. The summed E-state index contributed by atoms with van der Waals surface area (Å²) in [6, 6.07) is 14.1. The van der Waals surface area contributed by atoms with Crippen LogP contribution in [0, 0.1) is 5.41 Å². The summed E-state index contributed by atoms with van der Waals surface area (Å²) in [7, 11) is 1.70. The summed E-state index contributed by atoms with van der Waals surface area (Å²) in [6.45, 7) is 14.7. The molecule has 0 radical (unpaired) electrons. The van der Waals surface area contributed by atoms with Crippen molar-refractivity contribution < 1.29 is 9.59 Å². The highest BCUT2D eigenvalue weighted by molar-refractivity contribution is 6.10. The number of carbonyl (C=O) groups is 2. The van der Waals surface area contributed by atoms with Gasteiger partial charge in [-0.3, -0.25) is 9.59 Å². The molecule has 1 unspecified atom stereocenters. The Labute approximate surface area is 242 Å². The minimum Gasteiger partial charge on any atom is -0.331 e. The molecule has 0 saturated carbocycles. The Morgan fingerprint density at radius 1 is 1.02 bits per heavy atom. The van der Waals surface area contributed by atoms with Crippen LogP contribution in [0.15, 0.2) is 48.7 Å². The smallest absolute Gasteiger partial charge is 0.254 e. The SMILES string of the molecule is CCNC(CCc1ccc(C(=O)c2c(CC)cc3cc(C(=O)N(CC)Cc4nnn(C)n4)ccn23)cc1)C(C)(C)C. The van der Waals surface area contributed by atoms with Crippen LogP contribution in [0.2, 0.25) is 0 Å². The normalized spacial score (nSPS) is 12.6. The molecule has 0 fully saturated rings. The monoisotopic (exact) mass is 557 g/mol. The van der Waals surface area contributed by atoms with E-state index in [1.54, 1.807) is 18.0 Å². The topological polar surface area (TPSA) is 97.4 Å². The highest BCUT2D eigenvalue weighted by Crippen LogP contribution is 2.25. The number of benzene rings is 1. The molecule has 218 valence electrons. The minimum absolute atomic E-state index is 0.0170. The molecule has 0 aliphatic rings. The molecule has 9 heteroatoms. The van der Waals surface area contributed by atoms with Crippen molar-refractivity contribution in [1.29, 1.82) is 0 Å². The third kappa shape index (κ3) is 6.90. The van der Waals surface area contributed by atoms with Crippen LogP contribution < -0.4 is 5.32 Å². The number of ketones is 1. The van der Waals surface area contributed by atoms with E-state index >= 15 is 0 Å². The zero-order valence-corrected chi connectivity index (χ0v) is 25.4. The van der Waals surface area contributed by atoms with Crippen molar-refractivity contribution in [2.24, 2.45) is 12.5 Å². The van der Waals surface area contributed by atoms with E-state index < -0.39 is 0 Å². The van der Waals surface area contributed by atoms with Gasteiger partial charge in [-0.2, -0.15) is 4.80 Å². The van der Waals surface area contributed by atoms with Gasteiger partial charge in [0.2, 0.25) is 5.78 Å². The van der Waals surface area contributed by atoms with Crippen molar-refractivity contribution in [3.63, 3.8) is 0 Å². The lowest BCUT2D eigenvalue weighted by atomic mass is 9.83. The van der Waals surface area contributed by atoms with Crippen LogP contribution in [0.25, 0.3) is 5.52 Å². The number of aromatic nitrogens is 5. The summed E-state index contributed by atoms with van der Waals surface area (Å²) in [6.07, 6.45) is 4.53. The number of carbonyl (C=O) groups excluding carboxylic acids is 2. The average Bonchev–Trinajstić information content (AvgIpc) is 3.54. The maximum absolute atomic E-state index is 13.7. The molecule has 41 heavy (non-hydrogen) atoms. The molecule has 9 nitrogen and oxygen atoms in total. The Balaban J connectivity index is 1.54. The zero-order chi connectivity index (χ0) is 29.7. The zero-order valence-electron chi connectivity index (χ0n) is 25.4. The molecular weight excluding hydrogens is 514 g/mol. The largest absolute Gasteiger partial charge is 0.331 e. The molecule has 0 spiro atoms. The van der Waals surface area contributed by atoms with Crippen LogP contribution >= 0.6 is 0 Å². The quantitative estimate of drug-likeness (QED) is 0.250. The highest BCUT2D eigenvalue weighted by Gasteiger charge is 2.24. The molecule has 0 aliphatic carbocycles. The number of rotatable bonds is 12. The summed E-state index contributed by atoms with van der Waals surface area (Å²) in [5, 5.41) is 15.7. The first-order valence-corrected chi connectivity index (χ1v) is 14.6. The molecule has 4 aromatic rings. The summed E-state index contributed by atoms with van der Waals surface area (Å²) in [4.78, 5) is 30.1. The first-order chi connectivity index (χ1) is 19.5. The molecule has 1 atom stereocenters. The fourth-order valence-electron chi connectivity index (χ4n) is 5.32. The van der Waals surface area contributed by atoms with Gasteiger partial charge in [0.05, 0.1) is 19.3 Å². The molecule has 1 N–H and O–H groups in total. The van der Waals surface area contributed by atoms with Crippen molar-refractivity contribution >= 4 is 17.2 Å². The van der Waals surface area contributed by atoms with Gasteiger partial charge in [0, 0.05) is 35.4 Å². The average molecular weight is 558 g/mol. The molecule has 3 heterocycles. The van der Waals surface area contributed by atoms with Crippen LogP contribution in [0.3, 0.4) is 0 Å². The van der Waals surface area contributed by atoms with Gasteiger partial charge in [-0.05, 0) is 72.7 Å². The van der Waals surface area contributed by atoms with Gasteiger partial charge < -0.3 is 14.6 Å². The van der Waals surface area contributed by atoms with Gasteiger partial charge in [0.1, 0.15) is 0 Å². The third-order valence-corrected chi connectivity index (χ3v) is 7.68. The highest BCUT2D eigenvalue weighted by atomic mass is 16.2. The molecule has 0 bridgehead atoms. The van der Waals surface area contributed by atoms with Gasteiger partial charge in [-0.1, -0.05) is 58.9 Å². The second-order valence-electron chi connectivity index (χ2n) is 11.6. The molecular formula is C32H43N7O2. The number of aryl methyl sites for hydroxylation is 3. The second-order valence-corrected chi connectivity index (χ2v) is 11.6. The second kappa shape index (κ2) is 12.8. The lowest BCUT2D eigenvalue weighted by molar-refractivity contribution is 0.0748. The first-order valence-electron chi connectivity index (χ1n) is 14.6. The van der Waals surface area contributed by atoms with Gasteiger partial charge in [-0.15, -0.1) is 10.2 Å². The van der Waals surface area contributed by atoms with E-state index in [2.05, 4.69) is 60.6 Å². The maximum Gasteiger partial charge on any atom is 0.254 e. The van der Waals surface area contributed by atoms with Crippen molar-refractivity contribution in [1.82, 2.24) is 34.8 Å². The van der Waals surface area contributed by atoms with Gasteiger partial charge in [0.15, 0.2) is 5.82 Å². The number of fused-ring (bicyclic) bond motifs is 1. The number of amides is 1. The van der Waals surface area contributed by atoms with E-state index in [1.165, 1.54) is 10.4 Å². The summed E-state index contributed by atoms with van der Waals surface area (Å²) in [5.74, 6) is 0.356. The molecule has 1 amide bonds. The number of hydrogen-bond donors (Lipinski definition) is 1. The van der Waals surface area contributed by atoms with Gasteiger partial charge in [0.25, 0.3) is 5.91 Å². The fraction of sp³-hybridized carbons (Fsp3) is 0.469. The van der Waals surface area contributed by atoms with Crippen LogP contribution in [-0.2, 0) is 26.4 Å². The fourth-order valence-corrected chi connectivity index (χ4v) is 5.32. The van der Waals surface area contributed by atoms with Crippen LogP contribution in [0.1, 0.15) is 91.3 Å². The van der Waals surface area contributed by atoms with Crippen molar-refractivity contribution in [3.05, 3.63) is 82.4 Å².